The Morgan fingerprint density at radius 2 is 2.18 bits per heavy atom. The summed E-state index contributed by atoms with van der Waals surface area (Å²) in [5.74, 6) is 0. The van der Waals surface area contributed by atoms with E-state index in [4.69, 9.17) is 5.26 Å². The van der Waals surface area contributed by atoms with E-state index in [9.17, 15) is 0 Å². The number of anilines is 1. The van der Waals surface area contributed by atoms with Crippen molar-refractivity contribution in [2.75, 3.05) is 18.4 Å². The summed E-state index contributed by atoms with van der Waals surface area (Å²) in [5.41, 5.74) is 2.86. The summed E-state index contributed by atoms with van der Waals surface area (Å²) in [5, 5.41) is 15.9. The highest BCUT2D eigenvalue weighted by Crippen LogP contribution is 2.20. The van der Waals surface area contributed by atoms with Crippen molar-refractivity contribution in [3.8, 4) is 6.07 Å². The minimum Gasteiger partial charge on any atom is -0.384 e. The molecule has 0 radical (unpaired) electrons. The highest BCUT2D eigenvalue weighted by Gasteiger charge is 2.19. The van der Waals surface area contributed by atoms with Gasteiger partial charge in [0.15, 0.2) is 0 Å². The summed E-state index contributed by atoms with van der Waals surface area (Å²) in [6, 6.07) is 8.82. The molecule has 0 atom stereocenters. The van der Waals surface area contributed by atoms with E-state index in [1.165, 1.54) is 12.8 Å². The minimum atomic E-state index is 0.736. The third-order valence-electron chi connectivity index (χ3n) is 3.06. The lowest BCUT2D eigenvalue weighted by atomic mass is 10.1. The standard InChI is InChI=1S/C14H19N3/c1-11-4-2-5-12(10-15)14(11)17-9-3-8-16-13-6-7-13/h2,4-5,13,16-17H,3,6-9H2,1H3. The van der Waals surface area contributed by atoms with Crippen LogP contribution < -0.4 is 10.6 Å². The highest BCUT2D eigenvalue weighted by atomic mass is 15.0. The quantitative estimate of drug-likeness (QED) is 0.736. The van der Waals surface area contributed by atoms with Gasteiger partial charge < -0.3 is 10.6 Å². The van der Waals surface area contributed by atoms with Crippen LogP contribution in [0, 0.1) is 18.3 Å². The summed E-state index contributed by atoms with van der Waals surface area (Å²) in [6.07, 6.45) is 3.77. The minimum absolute atomic E-state index is 0.736. The molecule has 0 unspecified atom stereocenters. The summed E-state index contributed by atoms with van der Waals surface area (Å²) in [6.45, 7) is 4.01. The van der Waals surface area contributed by atoms with Crippen molar-refractivity contribution in [1.29, 1.82) is 5.26 Å². The van der Waals surface area contributed by atoms with Crippen molar-refractivity contribution >= 4 is 5.69 Å². The van der Waals surface area contributed by atoms with Crippen molar-refractivity contribution < 1.29 is 0 Å². The number of para-hydroxylation sites is 1. The zero-order valence-electron chi connectivity index (χ0n) is 10.3. The fraction of sp³-hybridized carbons (Fsp3) is 0.500. The SMILES string of the molecule is Cc1cccc(C#N)c1NCCCNC1CC1. The lowest BCUT2D eigenvalue weighted by molar-refractivity contribution is 0.659. The average molecular weight is 229 g/mol. The van der Waals surface area contributed by atoms with E-state index in [1.807, 2.05) is 25.1 Å². The lowest BCUT2D eigenvalue weighted by Gasteiger charge is -2.11. The second kappa shape index (κ2) is 5.70. The molecule has 0 bridgehead atoms. The molecule has 1 saturated carbocycles. The van der Waals surface area contributed by atoms with E-state index in [0.717, 1.165) is 42.4 Å². The Morgan fingerprint density at radius 3 is 2.88 bits per heavy atom. The van der Waals surface area contributed by atoms with Gasteiger partial charge in [0, 0.05) is 12.6 Å². The van der Waals surface area contributed by atoms with Gasteiger partial charge in [0.1, 0.15) is 6.07 Å². The van der Waals surface area contributed by atoms with E-state index in [0.29, 0.717) is 0 Å². The fourth-order valence-electron chi connectivity index (χ4n) is 1.89. The molecule has 1 aliphatic carbocycles. The molecule has 0 aliphatic heterocycles. The molecule has 0 spiro atoms. The van der Waals surface area contributed by atoms with Crippen LogP contribution in [0.1, 0.15) is 30.4 Å². The monoisotopic (exact) mass is 229 g/mol. The molecule has 0 aromatic heterocycles. The van der Waals surface area contributed by atoms with Crippen molar-refractivity contribution in [3.63, 3.8) is 0 Å². The Bertz CT molecular complexity index is 416. The summed E-state index contributed by atoms with van der Waals surface area (Å²) < 4.78 is 0. The number of aryl methyl sites for hydroxylation is 1. The van der Waals surface area contributed by atoms with Gasteiger partial charge in [-0.15, -0.1) is 0 Å². The molecule has 0 amide bonds. The van der Waals surface area contributed by atoms with Crippen LogP contribution in [0.25, 0.3) is 0 Å². The molecule has 0 saturated heterocycles. The zero-order valence-corrected chi connectivity index (χ0v) is 10.3. The van der Waals surface area contributed by atoms with Crippen molar-refractivity contribution in [1.82, 2.24) is 5.32 Å². The number of benzene rings is 1. The Hall–Kier alpha value is -1.53. The molecule has 90 valence electrons. The fourth-order valence-corrected chi connectivity index (χ4v) is 1.89. The first kappa shape index (κ1) is 11.9. The van der Waals surface area contributed by atoms with Crippen LogP contribution in [0.3, 0.4) is 0 Å². The predicted molar refractivity (Wildman–Crippen MR) is 70.0 cm³/mol. The molecular weight excluding hydrogens is 210 g/mol. The molecule has 1 aliphatic rings. The van der Waals surface area contributed by atoms with E-state index in [-0.39, 0.29) is 0 Å². The molecule has 3 nitrogen and oxygen atoms in total. The zero-order chi connectivity index (χ0) is 12.1. The Balaban J connectivity index is 1.79. The van der Waals surface area contributed by atoms with E-state index < -0.39 is 0 Å². The van der Waals surface area contributed by atoms with Gasteiger partial charge in [0.2, 0.25) is 0 Å². The van der Waals surface area contributed by atoms with Gasteiger partial charge in [-0.1, -0.05) is 12.1 Å². The second-order valence-corrected chi connectivity index (χ2v) is 4.62. The molecule has 2 N–H and O–H groups in total. The van der Waals surface area contributed by atoms with Crippen molar-refractivity contribution in [2.24, 2.45) is 0 Å². The smallest absolute Gasteiger partial charge is 0.101 e. The normalized spacial score (nSPS) is 14.4. The molecule has 17 heavy (non-hydrogen) atoms. The van der Waals surface area contributed by atoms with Crippen LogP contribution in [-0.2, 0) is 0 Å². The van der Waals surface area contributed by atoms with Crippen LogP contribution in [0.15, 0.2) is 18.2 Å². The van der Waals surface area contributed by atoms with Crippen LogP contribution in [-0.4, -0.2) is 19.1 Å². The predicted octanol–water partition coefficient (Wildman–Crippen LogP) is 2.42. The van der Waals surface area contributed by atoms with Gasteiger partial charge in [0.05, 0.1) is 11.3 Å². The van der Waals surface area contributed by atoms with Crippen LogP contribution in [0.2, 0.25) is 0 Å². The molecular formula is C14H19N3. The summed E-state index contributed by atoms with van der Waals surface area (Å²) in [7, 11) is 0. The number of hydrogen-bond donors (Lipinski definition) is 2. The summed E-state index contributed by atoms with van der Waals surface area (Å²) in [4.78, 5) is 0. The lowest BCUT2D eigenvalue weighted by Crippen LogP contribution is -2.20. The molecule has 3 heteroatoms. The van der Waals surface area contributed by atoms with Gasteiger partial charge in [-0.25, -0.2) is 0 Å². The topological polar surface area (TPSA) is 47.9 Å². The van der Waals surface area contributed by atoms with Gasteiger partial charge in [-0.3, -0.25) is 0 Å². The van der Waals surface area contributed by atoms with Gasteiger partial charge >= 0.3 is 0 Å². The third-order valence-corrected chi connectivity index (χ3v) is 3.06. The van der Waals surface area contributed by atoms with Crippen LogP contribution in [0.4, 0.5) is 5.69 Å². The molecule has 1 aromatic carbocycles. The largest absolute Gasteiger partial charge is 0.384 e. The van der Waals surface area contributed by atoms with Gasteiger partial charge in [-0.05, 0) is 44.4 Å². The highest BCUT2D eigenvalue weighted by molar-refractivity contribution is 5.62. The first-order valence-electron chi connectivity index (χ1n) is 6.28. The third kappa shape index (κ3) is 3.47. The molecule has 2 rings (SSSR count). The van der Waals surface area contributed by atoms with E-state index in [2.05, 4.69) is 16.7 Å². The Morgan fingerprint density at radius 1 is 1.35 bits per heavy atom. The number of nitrogens with one attached hydrogen (secondary N) is 2. The molecule has 0 heterocycles. The summed E-state index contributed by atoms with van der Waals surface area (Å²) >= 11 is 0. The molecule has 1 aromatic rings. The van der Waals surface area contributed by atoms with Crippen molar-refractivity contribution in [2.45, 2.75) is 32.2 Å². The number of nitrogens with zero attached hydrogens (tertiary/aromatic N) is 1. The van der Waals surface area contributed by atoms with Crippen molar-refractivity contribution in [3.05, 3.63) is 29.3 Å². The maximum Gasteiger partial charge on any atom is 0.101 e. The van der Waals surface area contributed by atoms with Gasteiger partial charge in [0.25, 0.3) is 0 Å². The average Bonchev–Trinajstić information content (AvgIpc) is 3.14. The number of rotatable bonds is 6. The molecule has 1 fully saturated rings. The number of hydrogen-bond acceptors (Lipinski definition) is 3. The maximum absolute atomic E-state index is 9.02. The van der Waals surface area contributed by atoms with E-state index >= 15 is 0 Å². The van der Waals surface area contributed by atoms with E-state index in [1.54, 1.807) is 0 Å². The van der Waals surface area contributed by atoms with Crippen LogP contribution >= 0.6 is 0 Å². The number of nitriles is 1. The first-order chi connectivity index (χ1) is 8.31. The van der Waals surface area contributed by atoms with Crippen LogP contribution in [0.5, 0.6) is 0 Å². The Labute approximate surface area is 103 Å². The first-order valence-corrected chi connectivity index (χ1v) is 6.28. The maximum atomic E-state index is 9.02. The Kier molecular flexibility index (Phi) is 4.00. The van der Waals surface area contributed by atoms with Gasteiger partial charge in [-0.2, -0.15) is 5.26 Å². The second-order valence-electron chi connectivity index (χ2n) is 4.62.